The summed E-state index contributed by atoms with van der Waals surface area (Å²) in [7, 11) is -0.0338. The van der Waals surface area contributed by atoms with Crippen molar-refractivity contribution in [1.29, 1.82) is 0 Å². The van der Waals surface area contributed by atoms with Crippen LogP contribution in [0.2, 0.25) is 0 Å². The summed E-state index contributed by atoms with van der Waals surface area (Å²) in [6.07, 6.45) is 0. The predicted octanol–water partition coefficient (Wildman–Crippen LogP) is 5.53. The Labute approximate surface area is 129 Å². The number of hydrogen-bond acceptors (Lipinski definition) is 0. The third kappa shape index (κ3) is 3.50. The van der Waals surface area contributed by atoms with Gasteiger partial charge in [-0.05, 0) is 42.1 Å². The van der Waals surface area contributed by atoms with E-state index in [1.807, 2.05) is 0 Å². The molecule has 0 radical (unpaired) electrons. The Balaban J connectivity index is 2.10. The van der Waals surface area contributed by atoms with Crippen LogP contribution in [0.3, 0.4) is 0 Å². The molecular formula is C20H18S. The first-order valence-electron chi connectivity index (χ1n) is 7.08. The molecule has 0 saturated carbocycles. The topological polar surface area (TPSA) is 0 Å². The zero-order valence-corrected chi connectivity index (χ0v) is 12.9. The zero-order chi connectivity index (χ0) is 14.5. The van der Waals surface area contributed by atoms with Crippen molar-refractivity contribution < 1.29 is 0 Å². The molecule has 0 aliphatic carbocycles. The Morgan fingerprint density at radius 2 is 1.10 bits per heavy atom. The summed E-state index contributed by atoms with van der Waals surface area (Å²) < 4.78 is 0. The van der Waals surface area contributed by atoms with E-state index in [1.165, 1.54) is 20.9 Å². The molecule has 0 N–H and O–H groups in total. The van der Waals surface area contributed by atoms with Gasteiger partial charge in [0.05, 0.1) is 0 Å². The summed E-state index contributed by atoms with van der Waals surface area (Å²) in [6, 6.07) is 30.2. The van der Waals surface area contributed by atoms with Gasteiger partial charge >= 0.3 is 0 Å². The number of hydrogen-bond donors (Lipinski definition) is 0. The van der Waals surface area contributed by atoms with Crippen LogP contribution in [0.25, 0.3) is 0 Å². The molecule has 0 heterocycles. The van der Waals surface area contributed by atoms with Crippen LogP contribution in [0.1, 0.15) is 11.1 Å². The molecule has 0 nitrogen and oxygen atoms in total. The third-order valence-corrected chi connectivity index (χ3v) is 5.39. The summed E-state index contributed by atoms with van der Waals surface area (Å²) in [5, 5.41) is 2.37. The molecule has 0 aliphatic rings. The van der Waals surface area contributed by atoms with Crippen molar-refractivity contribution in [1.82, 2.24) is 0 Å². The fourth-order valence-electron chi connectivity index (χ4n) is 2.19. The number of rotatable bonds is 3. The summed E-state index contributed by atoms with van der Waals surface area (Å²) in [5.74, 6) is 0. The van der Waals surface area contributed by atoms with Crippen molar-refractivity contribution in [3.05, 3.63) is 96.1 Å². The maximum absolute atomic E-state index is 2.37. The minimum Gasteiger partial charge on any atom is -0.123 e. The van der Waals surface area contributed by atoms with E-state index in [-0.39, 0.29) is 10.5 Å². The normalized spacial score (nSPS) is 10.6. The summed E-state index contributed by atoms with van der Waals surface area (Å²) in [4.78, 5) is 2.70. The molecule has 0 fully saturated rings. The Morgan fingerprint density at radius 1 is 0.619 bits per heavy atom. The van der Waals surface area contributed by atoms with Gasteiger partial charge in [0.1, 0.15) is 0 Å². The second-order valence-electron chi connectivity index (χ2n) is 4.99. The van der Waals surface area contributed by atoms with E-state index in [9.17, 15) is 0 Å². The lowest BCUT2D eigenvalue weighted by molar-refractivity contribution is 1.40. The fraction of sp³-hybridized carbons (Fsp3) is 0.0500. The van der Waals surface area contributed by atoms with Crippen LogP contribution in [0.4, 0.5) is 0 Å². The van der Waals surface area contributed by atoms with Gasteiger partial charge in [0.25, 0.3) is 0 Å². The summed E-state index contributed by atoms with van der Waals surface area (Å²) in [5.41, 5.74) is 2.57. The highest BCUT2D eigenvalue weighted by molar-refractivity contribution is 8.15. The quantitative estimate of drug-likeness (QED) is 0.556. The molecule has 1 heteroatoms. The van der Waals surface area contributed by atoms with Crippen LogP contribution >= 0.6 is 10.5 Å². The lowest BCUT2D eigenvalue weighted by atomic mass is 10.2. The Morgan fingerprint density at radius 3 is 1.57 bits per heavy atom. The smallest absolute Gasteiger partial charge is 0.00622 e. The Kier molecular flexibility index (Phi) is 4.32. The van der Waals surface area contributed by atoms with E-state index in [1.54, 1.807) is 0 Å². The predicted molar refractivity (Wildman–Crippen MR) is 93.4 cm³/mol. The second-order valence-corrected chi connectivity index (χ2v) is 6.85. The van der Waals surface area contributed by atoms with E-state index in [2.05, 4.69) is 97.2 Å². The van der Waals surface area contributed by atoms with Gasteiger partial charge in [0.2, 0.25) is 0 Å². The van der Waals surface area contributed by atoms with Crippen molar-refractivity contribution in [2.24, 2.45) is 0 Å². The van der Waals surface area contributed by atoms with E-state index >= 15 is 0 Å². The lowest BCUT2D eigenvalue weighted by Gasteiger charge is -2.10. The van der Waals surface area contributed by atoms with Crippen molar-refractivity contribution in [2.45, 2.75) is 16.7 Å². The molecular weight excluding hydrogens is 272 g/mol. The van der Waals surface area contributed by atoms with Crippen molar-refractivity contribution in [3.8, 4) is 0 Å². The molecule has 0 atom stereocenters. The van der Waals surface area contributed by atoms with E-state index in [4.69, 9.17) is 0 Å². The third-order valence-electron chi connectivity index (χ3n) is 3.33. The van der Waals surface area contributed by atoms with E-state index in [0.717, 1.165) is 0 Å². The van der Waals surface area contributed by atoms with Crippen LogP contribution in [-0.4, -0.2) is 5.37 Å². The first-order chi connectivity index (χ1) is 10.3. The van der Waals surface area contributed by atoms with Gasteiger partial charge < -0.3 is 0 Å². The van der Waals surface area contributed by atoms with Crippen LogP contribution in [0.5, 0.6) is 0 Å². The molecule has 3 aromatic carbocycles. The Bertz CT molecular complexity index is 684. The monoisotopic (exact) mass is 290 g/mol. The van der Waals surface area contributed by atoms with Crippen LogP contribution in [-0.2, 0) is 0 Å². The highest BCUT2D eigenvalue weighted by atomic mass is 32.2. The molecule has 0 bridgehead atoms. The van der Waals surface area contributed by atoms with Crippen LogP contribution < -0.4 is 0 Å². The van der Waals surface area contributed by atoms with Gasteiger partial charge in [-0.3, -0.25) is 0 Å². The summed E-state index contributed by atoms with van der Waals surface area (Å²) in [6.45, 7) is 2.12. The molecule has 21 heavy (non-hydrogen) atoms. The van der Waals surface area contributed by atoms with Gasteiger partial charge in [0.15, 0.2) is 0 Å². The molecule has 0 unspecified atom stereocenters. The standard InChI is InChI=1S/C20H18S/c1-17-12-14-18(15-13-17)16-21(19-8-4-2-5-9-19)20-10-6-3-7-11-20/h2-16H,1H3. The summed E-state index contributed by atoms with van der Waals surface area (Å²) >= 11 is 0. The molecule has 3 rings (SSSR count). The van der Waals surface area contributed by atoms with Gasteiger partial charge in [-0.15, -0.1) is 10.5 Å². The number of aryl methyl sites for hydroxylation is 1. The molecule has 0 aliphatic heterocycles. The van der Waals surface area contributed by atoms with E-state index < -0.39 is 0 Å². The minimum atomic E-state index is -0.0338. The average molecular weight is 290 g/mol. The minimum absolute atomic E-state index is 0.0338. The van der Waals surface area contributed by atoms with Crippen LogP contribution in [0.15, 0.2) is 94.7 Å². The fourth-order valence-corrected chi connectivity index (χ4v) is 4.06. The van der Waals surface area contributed by atoms with Crippen molar-refractivity contribution >= 4 is 15.9 Å². The lowest BCUT2D eigenvalue weighted by Crippen LogP contribution is -1.86. The van der Waals surface area contributed by atoms with Crippen molar-refractivity contribution in [3.63, 3.8) is 0 Å². The van der Waals surface area contributed by atoms with Gasteiger partial charge in [0, 0.05) is 9.79 Å². The first-order valence-corrected chi connectivity index (χ1v) is 8.36. The Hall–Kier alpha value is -2.12. The molecule has 0 spiro atoms. The van der Waals surface area contributed by atoms with Gasteiger partial charge in [-0.2, -0.15) is 0 Å². The van der Waals surface area contributed by atoms with Crippen LogP contribution in [0, 0.1) is 6.92 Å². The number of benzene rings is 3. The first kappa shape index (κ1) is 13.8. The molecule has 3 aromatic rings. The maximum atomic E-state index is 2.37. The molecule has 104 valence electrons. The highest BCUT2D eigenvalue weighted by Gasteiger charge is 2.02. The molecule has 0 aromatic heterocycles. The highest BCUT2D eigenvalue weighted by Crippen LogP contribution is 2.35. The van der Waals surface area contributed by atoms with Gasteiger partial charge in [-0.1, -0.05) is 66.2 Å². The zero-order valence-electron chi connectivity index (χ0n) is 12.1. The van der Waals surface area contributed by atoms with Gasteiger partial charge in [-0.25, -0.2) is 0 Å². The van der Waals surface area contributed by atoms with E-state index in [0.29, 0.717) is 0 Å². The second kappa shape index (κ2) is 6.55. The maximum Gasteiger partial charge on any atom is 0.00622 e. The van der Waals surface area contributed by atoms with Crippen molar-refractivity contribution in [2.75, 3.05) is 0 Å². The average Bonchev–Trinajstić information content (AvgIpc) is 2.56. The largest absolute Gasteiger partial charge is 0.123 e. The molecule has 0 amide bonds. The SMILES string of the molecule is Cc1ccc(C=S(c2ccccc2)c2ccccc2)cc1. The molecule has 0 saturated heterocycles.